The summed E-state index contributed by atoms with van der Waals surface area (Å²) in [5.74, 6) is -0.442. The highest BCUT2D eigenvalue weighted by molar-refractivity contribution is 7.80. The van der Waals surface area contributed by atoms with E-state index in [9.17, 15) is 9.59 Å². The van der Waals surface area contributed by atoms with Gasteiger partial charge in [0.05, 0.1) is 5.56 Å². The molecule has 0 heterocycles. The lowest BCUT2D eigenvalue weighted by atomic mass is 9.95. The summed E-state index contributed by atoms with van der Waals surface area (Å²) in [4.78, 5) is 24.7. The van der Waals surface area contributed by atoms with Gasteiger partial charge in [0.2, 0.25) is 0 Å². The predicted molar refractivity (Wildman–Crippen MR) is 138 cm³/mol. The largest absolute Gasteiger partial charge is 0.454 e. The van der Waals surface area contributed by atoms with Gasteiger partial charge in [0.1, 0.15) is 12.4 Å². The first-order valence-electron chi connectivity index (χ1n) is 11.4. The zero-order valence-electron chi connectivity index (χ0n) is 19.5. The van der Waals surface area contributed by atoms with Gasteiger partial charge in [-0.2, -0.15) is 0 Å². The van der Waals surface area contributed by atoms with Crippen LogP contribution in [0.3, 0.4) is 0 Å². The first-order chi connectivity index (χ1) is 16.1. The molecule has 170 valence electrons. The summed E-state index contributed by atoms with van der Waals surface area (Å²) < 4.78 is 6.07. The number of hydrogen-bond donors (Lipinski definition) is 0. The second kappa shape index (κ2) is 12.3. The Morgan fingerprint density at radius 3 is 2.00 bits per heavy atom. The summed E-state index contributed by atoms with van der Waals surface area (Å²) >= 11 is 0. The van der Waals surface area contributed by atoms with Crippen LogP contribution in [-0.4, -0.2) is 18.4 Å². The molecule has 0 spiro atoms. The van der Waals surface area contributed by atoms with E-state index in [0.717, 1.165) is 23.6 Å². The Labute approximate surface area is 198 Å². The smallest absolute Gasteiger partial charge is 0.339 e. The minimum Gasteiger partial charge on any atom is -0.454 e. The van der Waals surface area contributed by atoms with Crippen molar-refractivity contribution in [1.82, 2.24) is 0 Å². The summed E-state index contributed by atoms with van der Waals surface area (Å²) in [6.07, 6.45) is 3.71. The van der Waals surface area contributed by atoms with Gasteiger partial charge in [-0.3, -0.25) is 0 Å². The minimum absolute atomic E-state index is 0.0915. The maximum absolute atomic E-state index is 13.5. The van der Waals surface area contributed by atoms with E-state index >= 15 is 0 Å². The van der Waals surface area contributed by atoms with Crippen LogP contribution in [0.25, 0.3) is 0 Å². The number of aldehydes is 1. The fourth-order valence-electron chi connectivity index (χ4n) is 3.97. The van der Waals surface area contributed by atoms with Gasteiger partial charge < -0.3 is 9.53 Å². The molecule has 0 saturated carbocycles. The van der Waals surface area contributed by atoms with Crippen LogP contribution < -0.4 is 15.9 Å². The number of benzene rings is 3. The van der Waals surface area contributed by atoms with Crippen LogP contribution >= 0.6 is 7.92 Å². The SMILES string of the molecule is CC/C=C(\C)[C@@H](OC(=O)c1ccccc1P(c1ccccc1)c1ccccc1)[C@H](C)CC=O. The molecule has 0 aromatic heterocycles. The molecule has 4 heteroatoms. The Bertz CT molecular complexity index is 1040. The Hall–Kier alpha value is -3.03. The van der Waals surface area contributed by atoms with Crippen molar-refractivity contribution in [3.8, 4) is 0 Å². The van der Waals surface area contributed by atoms with Gasteiger partial charge in [-0.15, -0.1) is 0 Å². The number of esters is 1. The molecule has 0 aliphatic heterocycles. The molecule has 0 saturated heterocycles. The van der Waals surface area contributed by atoms with Gasteiger partial charge in [0, 0.05) is 12.3 Å². The summed E-state index contributed by atoms with van der Waals surface area (Å²) in [6, 6.07) is 28.3. The quantitative estimate of drug-likeness (QED) is 0.173. The molecule has 33 heavy (non-hydrogen) atoms. The van der Waals surface area contributed by atoms with Crippen molar-refractivity contribution in [2.75, 3.05) is 0 Å². The van der Waals surface area contributed by atoms with E-state index in [0.29, 0.717) is 12.0 Å². The molecule has 3 nitrogen and oxygen atoms in total. The average Bonchev–Trinajstić information content (AvgIpc) is 2.84. The summed E-state index contributed by atoms with van der Waals surface area (Å²) in [5, 5.41) is 3.31. The highest BCUT2D eigenvalue weighted by Crippen LogP contribution is 2.34. The lowest BCUT2D eigenvalue weighted by Gasteiger charge is -2.26. The molecule has 0 aliphatic carbocycles. The standard InChI is InChI=1S/C29H31O3P/c1-4-13-22(2)28(23(3)20-21-30)32-29(31)26-18-11-12-19-27(26)33(24-14-7-5-8-15-24)25-16-9-6-10-17-25/h5-19,21,23,28H,4,20H2,1-3H3/b22-13+/t23-,28-/m1/s1. The molecule has 0 fully saturated rings. The highest BCUT2D eigenvalue weighted by Gasteiger charge is 2.27. The van der Waals surface area contributed by atoms with Crippen LogP contribution in [-0.2, 0) is 9.53 Å². The van der Waals surface area contributed by atoms with Crippen LogP contribution in [0.15, 0.2) is 96.6 Å². The van der Waals surface area contributed by atoms with E-state index in [1.165, 1.54) is 10.6 Å². The van der Waals surface area contributed by atoms with Crippen molar-refractivity contribution in [1.29, 1.82) is 0 Å². The molecule has 0 aliphatic rings. The number of hydrogen-bond acceptors (Lipinski definition) is 3. The molecule has 3 rings (SSSR count). The maximum Gasteiger partial charge on any atom is 0.339 e. The number of rotatable bonds is 10. The van der Waals surface area contributed by atoms with Crippen molar-refractivity contribution in [2.24, 2.45) is 5.92 Å². The van der Waals surface area contributed by atoms with E-state index in [4.69, 9.17) is 4.74 Å². The van der Waals surface area contributed by atoms with Gasteiger partial charge >= 0.3 is 5.97 Å². The summed E-state index contributed by atoms with van der Waals surface area (Å²) in [5.41, 5.74) is 1.55. The minimum atomic E-state index is -0.940. The van der Waals surface area contributed by atoms with Crippen LogP contribution in [0.1, 0.15) is 44.0 Å². The summed E-state index contributed by atoms with van der Waals surface area (Å²) in [6.45, 7) is 5.97. The lowest BCUT2D eigenvalue weighted by Crippen LogP contribution is -2.31. The van der Waals surface area contributed by atoms with Crippen molar-refractivity contribution in [3.63, 3.8) is 0 Å². The van der Waals surface area contributed by atoms with Crippen LogP contribution in [0.4, 0.5) is 0 Å². The number of carbonyl (C=O) groups is 2. The molecular weight excluding hydrogens is 427 g/mol. The highest BCUT2D eigenvalue weighted by atomic mass is 31.1. The fourth-order valence-corrected chi connectivity index (χ4v) is 6.41. The van der Waals surface area contributed by atoms with Crippen LogP contribution in [0.5, 0.6) is 0 Å². The van der Waals surface area contributed by atoms with E-state index in [-0.39, 0.29) is 11.9 Å². The fraction of sp³-hybridized carbons (Fsp3) is 0.241. The second-order valence-electron chi connectivity index (χ2n) is 8.09. The third-order valence-electron chi connectivity index (χ3n) is 5.59. The van der Waals surface area contributed by atoms with Crippen LogP contribution in [0, 0.1) is 5.92 Å². The molecule has 0 bridgehead atoms. The van der Waals surface area contributed by atoms with Gasteiger partial charge in [0.15, 0.2) is 0 Å². The van der Waals surface area contributed by atoms with Crippen molar-refractivity contribution < 1.29 is 14.3 Å². The zero-order chi connectivity index (χ0) is 23.6. The molecule has 3 aromatic rings. The molecule has 2 atom stereocenters. The normalized spacial score (nSPS) is 13.4. The van der Waals surface area contributed by atoms with Crippen molar-refractivity contribution in [2.45, 2.75) is 39.7 Å². The van der Waals surface area contributed by atoms with E-state index in [1.807, 2.05) is 74.5 Å². The number of carbonyl (C=O) groups excluding carboxylic acids is 2. The van der Waals surface area contributed by atoms with Crippen molar-refractivity contribution >= 4 is 36.1 Å². The lowest BCUT2D eigenvalue weighted by molar-refractivity contribution is -0.109. The van der Waals surface area contributed by atoms with E-state index in [2.05, 4.69) is 37.3 Å². The van der Waals surface area contributed by atoms with Gasteiger partial charge in [-0.05, 0) is 48.8 Å². The van der Waals surface area contributed by atoms with Gasteiger partial charge in [0.25, 0.3) is 0 Å². The van der Waals surface area contributed by atoms with Crippen LogP contribution in [0.2, 0.25) is 0 Å². The third-order valence-corrected chi connectivity index (χ3v) is 8.09. The molecule has 0 radical (unpaired) electrons. The van der Waals surface area contributed by atoms with E-state index < -0.39 is 14.0 Å². The Morgan fingerprint density at radius 2 is 1.45 bits per heavy atom. The Balaban J connectivity index is 2.04. The predicted octanol–water partition coefficient (Wildman–Crippen LogP) is 5.55. The zero-order valence-corrected chi connectivity index (χ0v) is 20.4. The summed E-state index contributed by atoms with van der Waals surface area (Å²) in [7, 11) is -0.940. The first kappa shape index (κ1) is 24.6. The molecule has 0 amide bonds. The topological polar surface area (TPSA) is 43.4 Å². The second-order valence-corrected chi connectivity index (χ2v) is 10.3. The average molecular weight is 459 g/mol. The Kier molecular flexibility index (Phi) is 9.15. The molecule has 3 aromatic carbocycles. The first-order valence-corrected chi connectivity index (χ1v) is 12.7. The number of ether oxygens (including phenoxy) is 1. The monoisotopic (exact) mass is 458 g/mol. The number of allylic oxidation sites excluding steroid dienone is 1. The van der Waals surface area contributed by atoms with Gasteiger partial charge in [-0.1, -0.05) is 98.8 Å². The van der Waals surface area contributed by atoms with Gasteiger partial charge in [-0.25, -0.2) is 4.79 Å². The molecular formula is C29H31O3P. The Morgan fingerprint density at radius 1 is 0.909 bits per heavy atom. The van der Waals surface area contributed by atoms with E-state index in [1.54, 1.807) is 0 Å². The van der Waals surface area contributed by atoms with Crippen molar-refractivity contribution in [3.05, 3.63) is 102 Å². The molecule has 0 N–H and O–H groups in total. The molecule has 0 unspecified atom stereocenters. The maximum atomic E-state index is 13.5. The third kappa shape index (κ3) is 6.27.